The fourth-order valence-corrected chi connectivity index (χ4v) is 1.16. The Bertz CT molecular complexity index is 208. The summed E-state index contributed by atoms with van der Waals surface area (Å²) in [4.78, 5) is 22.0. The highest BCUT2D eigenvalue weighted by atomic mass is 16.5. The number of hydrogen-bond acceptors (Lipinski definition) is 4. The Balaban J connectivity index is 3.88. The number of rotatable bonds is 5. The predicted octanol–water partition coefficient (Wildman–Crippen LogP) is 1.53. The van der Waals surface area contributed by atoms with Gasteiger partial charge in [-0.3, -0.25) is 9.59 Å². The van der Waals surface area contributed by atoms with Crippen molar-refractivity contribution in [2.75, 3.05) is 14.2 Å². The molecule has 0 rings (SSSR count). The van der Waals surface area contributed by atoms with Crippen LogP contribution in [-0.2, 0) is 19.1 Å². The normalized spacial score (nSPS) is 10.9. The van der Waals surface area contributed by atoms with Crippen LogP contribution in [0.5, 0.6) is 0 Å². The van der Waals surface area contributed by atoms with Gasteiger partial charge in [-0.1, -0.05) is 0 Å². The Morgan fingerprint density at radius 3 is 2.14 bits per heavy atom. The standard InChI is InChI=1S/C10H18O4/c1-10(2,9(12)14-4)7-5-6-8(11)13-3/h5-7H2,1-4H3. The van der Waals surface area contributed by atoms with E-state index in [0.29, 0.717) is 19.3 Å². The molecule has 0 heterocycles. The second kappa shape index (κ2) is 5.62. The molecule has 0 aromatic heterocycles. The number of methoxy groups -OCH3 is 2. The molecule has 4 nitrogen and oxygen atoms in total. The Hall–Kier alpha value is -1.06. The van der Waals surface area contributed by atoms with Crippen molar-refractivity contribution < 1.29 is 19.1 Å². The van der Waals surface area contributed by atoms with Crippen molar-refractivity contribution in [3.8, 4) is 0 Å². The highest BCUT2D eigenvalue weighted by Crippen LogP contribution is 2.24. The Morgan fingerprint density at radius 1 is 1.14 bits per heavy atom. The third-order valence-electron chi connectivity index (χ3n) is 2.15. The van der Waals surface area contributed by atoms with E-state index in [0.717, 1.165) is 0 Å². The van der Waals surface area contributed by atoms with E-state index in [9.17, 15) is 9.59 Å². The van der Waals surface area contributed by atoms with E-state index in [1.165, 1.54) is 14.2 Å². The van der Waals surface area contributed by atoms with Gasteiger partial charge in [-0.15, -0.1) is 0 Å². The lowest BCUT2D eigenvalue weighted by Gasteiger charge is -2.20. The first kappa shape index (κ1) is 12.9. The summed E-state index contributed by atoms with van der Waals surface area (Å²) in [7, 11) is 2.72. The van der Waals surface area contributed by atoms with Crippen LogP contribution in [0.25, 0.3) is 0 Å². The molecule has 0 spiro atoms. The van der Waals surface area contributed by atoms with Crippen molar-refractivity contribution in [3.05, 3.63) is 0 Å². The van der Waals surface area contributed by atoms with Gasteiger partial charge < -0.3 is 9.47 Å². The summed E-state index contributed by atoms with van der Waals surface area (Å²) in [6, 6.07) is 0. The zero-order chi connectivity index (χ0) is 11.2. The van der Waals surface area contributed by atoms with Gasteiger partial charge in [0.05, 0.1) is 19.6 Å². The van der Waals surface area contributed by atoms with Crippen LogP contribution >= 0.6 is 0 Å². The van der Waals surface area contributed by atoms with Crippen LogP contribution in [0.2, 0.25) is 0 Å². The largest absolute Gasteiger partial charge is 0.469 e. The molecule has 0 saturated carbocycles. The molecule has 0 N–H and O–H groups in total. The van der Waals surface area contributed by atoms with E-state index in [1.54, 1.807) is 13.8 Å². The molecule has 0 aromatic carbocycles. The average molecular weight is 202 g/mol. The van der Waals surface area contributed by atoms with Gasteiger partial charge in [0, 0.05) is 6.42 Å². The van der Waals surface area contributed by atoms with Crippen molar-refractivity contribution in [3.63, 3.8) is 0 Å². The molecular weight excluding hydrogens is 184 g/mol. The molecule has 0 aliphatic rings. The number of carbonyl (C=O) groups is 2. The van der Waals surface area contributed by atoms with E-state index < -0.39 is 5.41 Å². The maximum absolute atomic E-state index is 11.2. The second-order valence-electron chi connectivity index (χ2n) is 3.81. The van der Waals surface area contributed by atoms with Crippen LogP contribution in [0.15, 0.2) is 0 Å². The molecule has 0 bridgehead atoms. The Kier molecular flexibility index (Phi) is 5.20. The van der Waals surface area contributed by atoms with Crippen LogP contribution in [0, 0.1) is 5.41 Å². The van der Waals surface area contributed by atoms with Gasteiger partial charge in [-0.25, -0.2) is 0 Å². The monoisotopic (exact) mass is 202 g/mol. The Morgan fingerprint density at radius 2 is 1.71 bits per heavy atom. The summed E-state index contributed by atoms with van der Waals surface area (Å²) in [6.07, 6.45) is 1.60. The first-order valence-corrected chi connectivity index (χ1v) is 4.59. The summed E-state index contributed by atoms with van der Waals surface area (Å²) in [5.74, 6) is -0.493. The molecule has 0 fully saturated rings. The van der Waals surface area contributed by atoms with Crippen LogP contribution < -0.4 is 0 Å². The van der Waals surface area contributed by atoms with Gasteiger partial charge in [0.15, 0.2) is 0 Å². The lowest BCUT2D eigenvalue weighted by molar-refractivity contribution is -0.151. The van der Waals surface area contributed by atoms with Gasteiger partial charge in [-0.05, 0) is 26.7 Å². The molecule has 0 aliphatic carbocycles. The van der Waals surface area contributed by atoms with Gasteiger partial charge in [0.2, 0.25) is 0 Å². The molecular formula is C10H18O4. The third kappa shape index (κ3) is 4.25. The minimum Gasteiger partial charge on any atom is -0.469 e. The van der Waals surface area contributed by atoms with E-state index in [2.05, 4.69) is 9.47 Å². The van der Waals surface area contributed by atoms with Crippen molar-refractivity contribution in [2.45, 2.75) is 33.1 Å². The van der Waals surface area contributed by atoms with Gasteiger partial charge in [-0.2, -0.15) is 0 Å². The van der Waals surface area contributed by atoms with Gasteiger partial charge in [0.1, 0.15) is 0 Å². The molecule has 0 saturated heterocycles. The minimum atomic E-state index is -0.525. The highest BCUT2D eigenvalue weighted by molar-refractivity contribution is 5.75. The summed E-state index contributed by atoms with van der Waals surface area (Å²) in [5.41, 5.74) is -0.525. The predicted molar refractivity (Wildman–Crippen MR) is 51.7 cm³/mol. The smallest absolute Gasteiger partial charge is 0.311 e. The molecule has 0 radical (unpaired) electrons. The molecule has 0 amide bonds. The lowest BCUT2D eigenvalue weighted by Crippen LogP contribution is -2.25. The zero-order valence-corrected chi connectivity index (χ0v) is 9.25. The highest BCUT2D eigenvalue weighted by Gasteiger charge is 2.28. The van der Waals surface area contributed by atoms with E-state index in [-0.39, 0.29) is 11.9 Å². The Labute approximate surface area is 84.6 Å². The molecule has 14 heavy (non-hydrogen) atoms. The van der Waals surface area contributed by atoms with Gasteiger partial charge in [0.25, 0.3) is 0 Å². The first-order chi connectivity index (χ1) is 6.44. The van der Waals surface area contributed by atoms with Crippen molar-refractivity contribution in [2.24, 2.45) is 5.41 Å². The van der Waals surface area contributed by atoms with Crippen LogP contribution in [-0.4, -0.2) is 26.2 Å². The minimum absolute atomic E-state index is 0.245. The maximum atomic E-state index is 11.2. The number of esters is 2. The van der Waals surface area contributed by atoms with E-state index in [1.807, 2.05) is 0 Å². The third-order valence-corrected chi connectivity index (χ3v) is 2.15. The average Bonchev–Trinajstić information content (AvgIpc) is 2.15. The van der Waals surface area contributed by atoms with E-state index in [4.69, 9.17) is 0 Å². The lowest BCUT2D eigenvalue weighted by atomic mass is 9.87. The molecule has 4 heteroatoms. The first-order valence-electron chi connectivity index (χ1n) is 4.59. The topological polar surface area (TPSA) is 52.6 Å². The van der Waals surface area contributed by atoms with Crippen LogP contribution in [0.1, 0.15) is 33.1 Å². The molecule has 0 aromatic rings. The van der Waals surface area contributed by atoms with Crippen molar-refractivity contribution in [1.29, 1.82) is 0 Å². The van der Waals surface area contributed by atoms with Crippen molar-refractivity contribution >= 4 is 11.9 Å². The second-order valence-corrected chi connectivity index (χ2v) is 3.81. The fraction of sp³-hybridized carbons (Fsp3) is 0.800. The van der Waals surface area contributed by atoms with E-state index >= 15 is 0 Å². The summed E-state index contributed by atoms with van der Waals surface area (Å²) >= 11 is 0. The van der Waals surface area contributed by atoms with Crippen molar-refractivity contribution in [1.82, 2.24) is 0 Å². The maximum Gasteiger partial charge on any atom is 0.311 e. The molecule has 82 valence electrons. The molecule has 0 atom stereocenters. The van der Waals surface area contributed by atoms with Crippen LogP contribution in [0.3, 0.4) is 0 Å². The number of hydrogen-bond donors (Lipinski definition) is 0. The molecule has 0 aliphatic heterocycles. The SMILES string of the molecule is COC(=O)CCCC(C)(C)C(=O)OC. The number of carbonyl (C=O) groups excluding carboxylic acids is 2. The molecule has 0 unspecified atom stereocenters. The summed E-state index contributed by atoms with van der Waals surface area (Å²) in [5, 5.41) is 0. The van der Waals surface area contributed by atoms with Gasteiger partial charge >= 0.3 is 11.9 Å². The summed E-state index contributed by atoms with van der Waals surface area (Å²) < 4.78 is 9.14. The quantitative estimate of drug-likeness (QED) is 0.634. The summed E-state index contributed by atoms with van der Waals surface area (Å²) in [6.45, 7) is 3.60. The number of ether oxygens (including phenoxy) is 2. The van der Waals surface area contributed by atoms with Crippen LogP contribution in [0.4, 0.5) is 0 Å². The fourth-order valence-electron chi connectivity index (χ4n) is 1.16. The zero-order valence-electron chi connectivity index (χ0n) is 9.25.